The summed E-state index contributed by atoms with van der Waals surface area (Å²) >= 11 is 0. The molecule has 140 valence electrons. The first kappa shape index (κ1) is 17.3. The summed E-state index contributed by atoms with van der Waals surface area (Å²) in [5.41, 5.74) is 3.31. The van der Waals surface area contributed by atoms with Crippen LogP contribution in [-0.4, -0.2) is 57.8 Å². The van der Waals surface area contributed by atoms with Crippen molar-refractivity contribution in [3.63, 3.8) is 0 Å². The van der Waals surface area contributed by atoms with Crippen LogP contribution in [-0.2, 0) is 6.42 Å². The molecule has 4 rings (SSSR count). The second kappa shape index (κ2) is 6.90. The number of carbonyl (C=O) groups excluding carboxylic acids is 2. The minimum Gasteiger partial charge on any atom is -0.456 e. The molecule has 2 aromatic heterocycles. The lowest BCUT2D eigenvalue weighted by atomic mass is 10.1. The average Bonchev–Trinajstić information content (AvgIpc) is 3.32. The first-order valence-corrected chi connectivity index (χ1v) is 9.18. The van der Waals surface area contributed by atoms with Crippen molar-refractivity contribution in [1.82, 2.24) is 19.8 Å². The van der Waals surface area contributed by atoms with Gasteiger partial charge in [0.2, 0.25) is 0 Å². The van der Waals surface area contributed by atoms with E-state index in [0.29, 0.717) is 37.5 Å². The van der Waals surface area contributed by atoms with E-state index in [1.807, 2.05) is 26.0 Å². The first-order valence-electron chi connectivity index (χ1n) is 9.18. The van der Waals surface area contributed by atoms with Crippen molar-refractivity contribution in [3.05, 3.63) is 53.2 Å². The van der Waals surface area contributed by atoms with Crippen molar-refractivity contribution >= 4 is 22.8 Å². The van der Waals surface area contributed by atoms with Gasteiger partial charge in [-0.1, -0.05) is 6.92 Å². The highest BCUT2D eigenvalue weighted by atomic mass is 16.4. The predicted molar refractivity (Wildman–Crippen MR) is 101 cm³/mol. The molecule has 1 fully saturated rings. The minimum absolute atomic E-state index is 0.0271. The molecule has 2 amide bonds. The highest BCUT2D eigenvalue weighted by Crippen LogP contribution is 2.19. The van der Waals surface area contributed by atoms with Gasteiger partial charge in [-0.2, -0.15) is 0 Å². The molecule has 0 radical (unpaired) electrons. The van der Waals surface area contributed by atoms with Gasteiger partial charge in [0, 0.05) is 38.2 Å². The van der Waals surface area contributed by atoms with Gasteiger partial charge < -0.3 is 19.2 Å². The molecule has 1 aliphatic rings. The van der Waals surface area contributed by atoms with Crippen LogP contribution in [0.4, 0.5) is 0 Å². The Morgan fingerprint density at radius 3 is 2.48 bits per heavy atom. The predicted octanol–water partition coefficient (Wildman–Crippen LogP) is 2.62. The number of amides is 2. The molecule has 0 spiro atoms. The van der Waals surface area contributed by atoms with E-state index in [-0.39, 0.29) is 11.8 Å². The van der Waals surface area contributed by atoms with Crippen LogP contribution in [0.15, 0.2) is 35.0 Å². The van der Waals surface area contributed by atoms with Gasteiger partial charge >= 0.3 is 0 Å². The van der Waals surface area contributed by atoms with E-state index in [2.05, 4.69) is 9.97 Å². The second-order valence-corrected chi connectivity index (χ2v) is 6.79. The molecule has 3 heterocycles. The Kier molecular flexibility index (Phi) is 4.43. The van der Waals surface area contributed by atoms with Crippen molar-refractivity contribution in [2.45, 2.75) is 20.3 Å². The summed E-state index contributed by atoms with van der Waals surface area (Å²) in [4.78, 5) is 36.2. The zero-order chi connectivity index (χ0) is 19.0. The van der Waals surface area contributed by atoms with Gasteiger partial charge in [-0.15, -0.1) is 0 Å². The largest absolute Gasteiger partial charge is 0.456 e. The fourth-order valence-electron chi connectivity index (χ4n) is 3.50. The number of aromatic nitrogens is 2. The third-order valence-corrected chi connectivity index (χ3v) is 5.07. The van der Waals surface area contributed by atoms with E-state index in [1.165, 1.54) is 0 Å². The number of furan rings is 1. The highest BCUT2D eigenvalue weighted by molar-refractivity contribution is 5.97. The number of fused-ring (bicyclic) bond motifs is 1. The maximum Gasteiger partial charge on any atom is 0.289 e. The molecule has 1 aliphatic heterocycles. The maximum atomic E-state index is 12.8. The zero-order valence-corrected chi connectivity index (χ0v) is 15.5. The summed E-state index contributed by atoms with van der Waals surface area (Å²) in [5.74, 6) is 1.10. The topological polar surface area (TPSA) is 82.4 Å². The van der Waals surface area contributed by atoms with Gasteiger partial charge in [0.25, 0.3) is 11.8 Å². The molecule has 0 atom stereocenters. The standard InChI is InChI=1S/C20H22N4O3/c1-3-17-13(2)10-18(27-17)20(26)24-8-6-23(7-9-24)19(25)14-4-5-15-16(11-14)22-12-21-15/h4-5,10-12H,3,6-9H2,1-2H3,(H,21,22). The highest BCUT2D eigenvalue weighted by Gasteiger charge is 2.27. The van der Waals surface area contributed by atoms with Gasteiger partial charge in [-0.3, -0.25) is 9.59 Å². The van der Waals surface area contributed by atoms with Crippen molar-refractivity contribution in [2.24, 2.45) is 0 Å². The Hall–Kier alpha value is -3.09. The number of aryl methyl sites for hydroxylation is 2. The van der Waals surface area contributed by atoms with Gasteiger partial charge in [-0.05, 0) is 36.8 Å². The number of nitrogens with one attached hydrogen (secondary N) is 1. The number of hydrogen-bond acceptors (Lipinski definition) is 4. The minimum atomic E-state index is -0.108. The van der Waals surface area contributed by atoms with Gasteiger partial charge in [0.1, 0.15) is 5.76 Å². The molecule has 7 heteroatoms. The number of piperazine rings is 1. The van der Waals surface area contributed by atoms with Crippen LogP contribution in [0.25, 0.3) is 11.0 Å². The summed E-state index contributed by atoms with van der Waals surface area (Å²) in [5, 5.41) is 0. The summed E-state index contributed by atoms with van der Waals surface area (Å²) in [6.07, 6.45) is 2.38. The normalized spacial score (nSPS) is 14.7. The van der Waals surface area contributed by atoms with E-state index in [0.717, 1.165) is 28.8 Å². The molecule has 1 saturated heterocycles. The fraction of sp³-hybridized carbons (Fsp3) is 0.350. The Balaban J connectivity index is 1.41. The third kappa shape index (κ3) is 3.20. The number of rotatable bonds is 3. The molecule has 1 N–H and O–H groups in total. The number of carbonyl (C=O) groups is 2. The van der Waals surface area contributed by atoms with E-state index in [1.54, 1.807) is 28.3 Å². The summed E-state index contributed by atoms with van der Waals surface area (Å²) < 4.78 is 5.67. The Morgan fingerprint density at radius 1 is 1.11 bits per heavy atom. The van der Waals surface area contributed by atoms with Crippen molar-refractivity contribution in [3.8, 4) is 0 Å². The monoisotopic (exact) mass is 366 g/mol. The third-order valence-electron chi connectivity index (χ3n) is 5.07. The van der Waals surface area contributed by atoms with E-state index in [4.69, 9.17) is 4.42 Å². The SMILES string of the molecule is CCc1oc(C(=O)N2CCN(C(=O)c3ccc4nc[nH]c4c3)CC2)cc1C. The molecule has 0 unspecified atom stereocenters. The lowest BCUT2D eigenvalue weighted by Crippen LogP contribution is -2.50. The lowest BCUT2D eigenvalue weighted by Gasteiger charge is -2.34. The summed E-state index contributed by atoms with van der Waals surface area (Å²) in [6, 6.07) is 7.25. The van der Waals surface area contributed by atoms with E-state index in [9.17, 15) is 9.59 Å². The second-order valence-electron chi connectivity index (χ2n) is 6.79. The van der Waals surface area contributed by atoms with Crippen LogP contribution < -0.4 is 0 Å². The van der Waals surface area contributed by atoms with Crippen molar-refractivity contribution < 1.29 is 14.0 Å². The van der Waals surface area contributed by atoms with Gasteiger partial charge in [0.05, 0.1) is 17.4 Å². The Morgan fingerprint density at radius 2 is 1.81 bits per heavy atom. The van der Waals surface area contributed by atoms with Crippen LogP contribution in [0.2, 0.25) is 0 Å². The van der Waals surface area contributed by atoms with Gasteiger partial charge in [0.15, 0.2) is 5.76 Å². The van der Waals surface area contributed by atoms with Crippen molar-refractivity contribution in [1.29, 1.82) is 0 Å². The molecule has 0 saturated carbocycles. The summed E-state index contributed by atoms with van der Waals surface area (Å²) in [6.45, 7) is 5.96. The molecule has 0 aliphatic carbocycles. The smallest absolute Gasteiger partial charge is 0.289 e. The number of hydrogen-bond donors (Lipinski definition) is 1. The van der Waals surface area contributed by atoms with Crippen LogP contribution in [0, 0.1) is 6.92 Å². The number of imidazole rings is 1. The Labute approximate surface area is 157 Å². The molecule has 3 aromatic rings. The molecule has 7 nitrogen and oxygen atoms in total. The van der Waals surface area contributed by atoms with Crippen LogP contribution in [0.5, 0.6) is 0 Å². The number of benzene rings is 1. The van der Waals surface area contributed by atoms with Crippen LogP contribution in [0.3, 0.4) is 0 Å². The maximum absolute atomic E-state index is 12.8. The number of aromatic amines is 1. The molecule has 27 heavy (non-hydrogen) atoms. The van der Waals surface area contributed by atoms with E-state index < -0.39 is 0 Å². The average molecular weight is 366 g/mol. The quantitative estimate of drug-likeness (QED) is 0.772. The summed E-state index contributed by atoms with van der Waals surface area (Å²) in [7, 11) is 0. The number of H-pyrrole nitrogens is 1. The molecule has 1 aromatic carbocycles. The molecule has 0 bridgehead atoms. The van der Waals surface area contributed by atoms with Crippen LogP contribution in [0.1, 0.15) is 39.2 Å². The van der Waals surface area contributed by atoms with Gasteiger partial charge in [-0.25, -0.2) is 4.98 Å². The zero-order valence-electron chi connectivity index (χ0n) is 15.5. The molecular formula is C20H22N4O3. The Bertz CT molecular complexity index is 996. The van der Waals surface area contributed by atoms with Crippen molar-refractivity contribution in [2.75, 3.05) is 26.2 Å². The fourth-order valence-corrected chi connectivity index (χ4v) is 3.50. The number of nitrogens with zero attached hydrogens (tertiary/aromatic N) is 3. The van der Waals surface area contributed by atoms with E-state index >= 15 is 0 Å². The lowest BCUT2D eigenvalue weighted by molar-refractivity contribution is 0.0517. The van der Waals surface area contributed by atoms with Crippen LogP contribution >= 0.6 is 0 Å². The first-order chi connectivity index (χ1) is 13.1. The molecular weight excluding hydrogens is 344 g/mol.